The maximum absolute atomic E-state index is 12.8. The van der Waals surface area contributed by atoms with Crippen LogP contribution in [0.4, 0.5) is 0 Å². The highest BCUT2D eigenvalue weighted by Crippen LogP contribution is 2.29. The van der Waals surface area contributed by atoms with E-state index < -0.39 is 16.0 Å². The molecule has 2 aromatic rings. The van der Waals surface area contributed by atoms with Gasteiger partial charge in [-0.15, -0.1) is 0 Å². The number of ether oxygens (including phenoxy) is 1. The van der Waals surface area contributed by atoms with E-state index in [9.17, 15) is 13.2 Å². The molecule has 2 aromatic carbocycles. The van der Waals surface area contributed by atoms with E-state index in [1.54, 1.807) is 45.0 Å². The largest absolute Gasteiger partial charge is 0.421 e. The van der Waals surface area contributed by atoms with Gasteiger partial charge in [0.05, 0.1) is 15.5 Å². The van der Waals surface area contributed by atoms with Crippen molar-refractivity contribution in [2.75, 3.05) is 13.1 Å². The van der Waals surface area contributed by atoms with Gasteiger partial charge in [-0.05, 0) is 42.8 Å². The highest BCUT2D eigenvalue weighted by Gasteiger charge is 2.25. The highest BCUT2D eigenvalue weighted by atomic mass is 79.9. The van der Waals surface area contributed by atoms with Crippen LogP contribution in [0.15, 0.2) is 45.8 Å². The second-order valence-corrected chi connectivity index (χ2v) is 8.76. The first-order chi connectivity index (χ1) is 12.2. The van der Waals surface area contributed by atoms with Gasteiger partial charge in [0.25, 0.3) is 0 Å². The van der Waals surface area contributed by atoms with Gasteiger partial charge in [-0.2, -0.15) is 4.31 Å². The molecule has 0 heterocycles. The van der Waals surface area contributed by atoms with Crippen molar-refractivity contribution in [3.63, 3.8) is 0 Å². The van der Waals surface area contributed by atoms with Crippen molar-refractivity contribution >= 4 is 43.5 Å². The van der Waals surface area contributed by atoms with Gasteiger partial charge >= 0.3 is 5.97 Å². The monoisotopic (exact) mass is 459 g/mol. The van der Waals surface area contributed by atoms with Gasteiger partial charge in [0.1, 0.15) is 5.75 Å². The predicted octanol–water partition coefficient (Wildman–Crippen LogP) is 4.66. The lowest BCUT2D eigenvalue weighted by Gasteiger charge is -2.20. The average Bonchev–Trinajstić information content (AvgIpc) is 2.58. The van der Waals surface area contributed by atoms with Gasteiger partial charge in [0.15, 0.2) is 0 Å². The quantitative estimate of drug-likeness (QED) is 0.464. The summed E-state index contributed by atoms with van der Waals surface area (Å²) >= 11 is 9.34. The molecule has 0 radical (unpaired) electrons. The van der Waals surface area contributed by atoms with Gasteiger partial charge in [-0.3, -0.25) is 0 Å². The summed E-state index contributed by atoms with van der Waals surface area (Å²) in [5.74, 6) is -0.473. The summed E-state index contributed by atoms with van der Waals surface area (Å²) in [6, 6.07) is 9.33. The Morgan fingerprint density at radius 3 is 2.38 bits per heavy atom. The molecule has 5 nitrogen and oxygen atoms in total. The number of rotatable bonds is 6. The Morgan fingerprint density at radius 2 is 1.81 bits per heavy atom. The molecule has 0 N–H and O–H groups in total. The first-order valence-electron chi connectivity index (χ1n) is 7.98. The van der Waals surface area contributed by atoms with Crippen LogP contribution in [0.3, 0.4) is 0 Å². The summed E-state index contributed by atoms with van der Waals surface area (Å²) < 4.78 is 33.0. The minimum Gasteiger partial charge on any atom is -0.421 e. The van der Waals surface area contributed by atoms with E-state index in [0.717, 1.165) is 4.47 Å². The zero-order valence-electron chi connectivity index (χ0n) is 14.6. The number of hydrogen-bond acceptors (Lipinski definition) is 4. The minimum absolute atomic E-state index is 0.0950. The molecule has 8 heteroatoms. The molecule has 2 rings (SSSR count). The number of benzene rings is 2. The average molecular weight is 461 g/mol. The first-order valence-corrected chi connectivity index (χ1v) is 10.6. The third-order valence-electron chi connectivity index (χ3n) is 3.84. The van der Waals surface area contributed by atoms with Gasteiger partial charge < -0.3 is 4.74 Å². The van der Waals surface area contributed by atoms with Gasteiger partial charge in [0.2, 0.25) is 10.0 Å². The fourth-order valence-corrected chi connectivity index (χ4v) is 4.85. The van der Waals surface area contributed by atoms with Gasteiger partial charge in [-0.25, -0.2) is 13.2 Å². The number of carbonyl (C=O) groups excluding carboxylic acids is 1. The lowest BCUT2D eigenvalue weighted by Crippen LogP contribution is -2.31. The van der Waals surface area contributed by atoms with Crippen molar-refractivity contribution in [1.29, 1.82) is 0 Å². The van der Waals surface area contributed by atoms with Crippen LogP contribution < -0.4 is 4.74 Å². The number of halogens is 2. The Labute approximate surface area is 167 Å². The van der Waals surface area contributed by atoms with Crippen molar-refractivity contribution in [2.45, 2.75) is 25.7 Å². The van der Waals surface area contributed by atoms with E-state index in [-0.39, 0.29) is 21.2 Å². The summed E-state index contributed by atoms with van der Waals surface area (Å²) in [6.45, 7) is 5.92. The van der Waals surface area contributed by atoms with Crippen molar-refractivity contribution < 1.29 is 17.9 Å². The number of esters is 1. The van der Waals surface area contributed by atoms with Gasteiger partial charge in [-0.1, -0.05) is 47.4 Å². The van der Waals surface area contributed by atoms with E-state index in [4.69, 9.17) is 16.3 Å². The number of carbonyl (C=O) groups is 1. The third kappa shape index (κ3) is 4.46. The summed E-state index contributed by atoms with van der Waals surface area (Å²) in [7, 11) is -3.68. The van der Waals surface area contributed by atoms with Gasteiger partial charge in [0, 0.05) is 17.6 Å². The molecule has 0 saturated carbocycles. The summed E-state index contributed by atoms with van der Waals surface area (Å²) in [5, 5.41) is 0.274. The summed E-state index contributed by atoms with van der Waals surface area (Å²) in [6.07, 6.45) is 0. The van der Waals surface area contributed by atoms with E-state index in [1.165, 1.54) is 16.4 Å². The molecular weight excluding hydrogens is 442 g/mol. The molecule has 0 spiro atoms. The lowest BCUT2D eigenvalue weighted by atomic mass is 10.1. The van der Waals surface area contributed by atoms with Crippen LogP contribution in [0, 0.1) is 6.92 Å². The van der Waals surface area contributed by atoms with Crippen LogP contribution in [0.2, 0.25) is 5.02 Å². The van der Waals surface area contributed by atoms with E-state index in [0.29, 0.717) is 18.7 Å². The Balaban J connectivity index is 2.38. The third-order valence-corrected chi connectivity index (χ3v) is 6.82. The summed E-state index contributed by atoms with van der Waals surface area (Å²) in [4.78, 5) is 12.5. The summed E-state index contributed by atoms with van der Waals surface area (Å²) in [5.41, 5.74) is 0.704. The SMILES string of the molecule is CCN(CC)S(=O)(=O)c1cc(C(=O)Oc2ccc(Br)cc2Cl)ccc1C. The zero-order valence-corrected chi connectivity index (χ0v) is 17.8. The molecular formula is C18H19BrClNO4S. The smallest absolute Gasteiger partial charge is 0.343 e. The van der Waals surface area contributed by atoms with Crippen molar-refractivity contribution in [3.8, 4) is 5.75 Å². The number of sulfonamides is 1. The molecule has 26 heavy (non-hydrogen) atoms. The lowest BCUT2D eigenvalue weighted by molar-refractivity contribution is 0.0734. The van der Waals surface area contributed by atoms with E-state index in [1.807, 2.05) is 0 Å². The Kier molecular flexibility index (Phi) is 6.85. The van der Waals surface area contributed by atoms with Crippen LogP contribution in [0.1, 0.15) is 29.8 Å². The van der Waals surface area contributed by atoms with Crippen LogP contribution in [0.25, 0.3) is 0 Å². The fourth-order valence-electron chi connectivity index (χ4n) is 2.42. The second-order valence-electron chi connectivity index (χ2n) is 5.53. The molecule has 140 valence electrons. The number of nitrogens with zero attached hydrogens (tertiary/aromatic N) is 1. The Bertz CT molecular complexity index is 927. The molecule has 0 unspecified atom stereocenters. The van der Waals surface area contributed by atoms with Crippen molar-refractivity contribution in [3.05, 3.63) is 57.0 Å². The second kappa shape index (κ2) is 8.52. The Hall–Kier alpha value is -1.41. The predicted molar refractivity (Wildman–Crippen MR) is 105 cm³/mol. The normalized spacial score (nSPS) is 11.6. The zero-order chi connectivity index (χ0) is 19.5. The van der Waals surface area contributed by atoms with Crippen LogP contribution >= 0.6 is 27.5 Å². The van der Waals surface area contributed by atoms with Crippen molar-refractivity contribution in [1.82, 2.24) is 4.31 Å². The maximum Gasteiger partial charge on any atom is 0.343 e. The van der Waals surface area contributed by atoms with Crippen LogP contribution in [0.5, 0.6) is 5.75 Å². The minimum atomic E-state index is -3.68. The highest BCUT2D eigenvalue weighted by molar-refractivity contribution is 9.10. The molecule has 0 saturated heterocycles. The fraction of sp³-hybridized carbons (Fsp3) is 0.278. The first kappa shape index (κ1) is 20.9. The molecule has 0 aliphatic rings. The van der Waals surface area contributed by atoms with E-state index >= 15 is 0 Å². The van der Waals surface area contributed by atoms with Crippen LogP contribution in [-0.2, 0) is 10.0 Å². The molecule has 0 atom stereocenters. The number of hydrogen-bond donors (Lipinski definition) is 0. The molecule has 0 bridgehead atoms. The molecule has 0 aliphatic carbocycles. The number of aryl methyl sites for hydroxylation is 1. The topological polar surface area (TPSA) is 63.7 Å². The van der Waals surface area contributed by atoms with Crippen LogP contribution in [-0.4, -0.2) is 31.8 Å². The maximum atomic E-state index is 12.8. The molecule has 0 aromatic heterocycles. The van der Waals surface area contributed by atoms with E-state index in [2.05, 4.69) is 15.9 Å². The Morgan fingerprint density at radius 1 is 1.15 bits per heavy atom. The molecule has 0 amide bonds. The molecule has 0 fully saturated rings. The van der Waals surface area contributed by atoms with Crippen molar-refractivity contribution in [2.24, 2.45) is 0 Å². The standard InChI is InChI=1S/C18H19BrClNO4S/c1-4-21(5-2)26(23,24)17-10-13(7-6-12(17)3)18(22)25-16-9-8-14(19)11-15(16)20/h6-11H,4-5H2,1-3H3. The molecule has 0 aliphatic heterocycles.